The van der Waals surface area contributed by atoms with Crippen LogP contribution in [0.4, 0.5) is 0 Å². The van der Waals surface area contributed by atoms with Crippen LogP contribution in [0.5, 0.6) is 0 Å². The summed E-state index contributed by atoms with van der Waals surface area (Å²) < 4.78 is 5.28. The molecule has 1 saturated heterocycles. The summed E-state index contributed by atoms with van der Waals surface area (Å²) in [5, 5.41) is 14.3. The van der Waals surface area contributed by atoms with Gasteiger partial charge in [0.25, 0.3) is 0 Å². The van der Waals surface area contributed by atoms with Gasteiger partial charge in [0.2, 0.25) is 11.8 Å². The van der Waals surface area contributed by atoms with E-state index in [4.69, 9.17) is 4.74 Å². The number of carboxylic acids is 1. The quantitative estimate of drug-likeness (QED) is 0.667. The fraction of sp³-hybridized carbons (Fsp3) is 0.471. The molecule has 1 aromatic carbocycles. The second-order valence-electron chi connectivity index (χ2n) is 5.80. The van der Waals surface area contributed by atoms with E-state index in [1.807, 2.05) is 30.3 Å². The van der Waals surface area contributed by atoms with Crippen LogP contribution in [0.1, 0.15) is 18.4 Å². The molecule has 0 aliphatic carbocycles. The number of benzene rings is 1. The predicted octanol–water partition coefficient (Wildman–Crippen LogP) is 0.341. The van der Waals surface area contributed by atoms with Gasteiger partial charge in [-0.25, -0.2) is 4.79 Å². The van der Waals surface area contributed by atoms with Crippen LogP contribution in [0.25, 0.3) is 0 Å². The summed E-state index contributed by atoms with van der Waals surface area (Å²) in [6.45, 7) is 0.687. The highest BCUT2D eigenvalue weighted by atomic mass is 16.5. The summed E-state index contributed by atoms with van der Waals surface area (Å²) in [5.74, 6) is -2.15. The average molecular weight is 334 g/mol. The van der Waals surface area contributed by atoms with Gasteiger partial charge >= 0.3 is 5.97 Å². The number of rotatable bonds is 7. The third-order valence-corrected chi connectivity index (χ3v) is 3.90. The highest BCUT2D eigenvalue weighted by molar-refractivity contribution is 5.88. The lowest BCUT2D eigenvalue weighted by atomic mass is 9.93. The molecule has 7 heteroatoms. The molecule has 1 fully saturated rings. The number of hydrogen-bond donors (Lipinski definition) is 3. The molecular weight excluding hydrogens is 312 g/mol. The van der Waals surface area contributed by atoms with Crippen molar-refractivity contribution in [1.82, 2.24) is 10.6 Å². The van der Waals surface area contributed by atoms with Crippen LogP contribution in [0.15, 0.2) is 30.3 Å². The molecule has 2 atom stereocenters. The molecule has 3 N–H and O–H groups in total. The van der Waals surface area contributed by atoms with Crippen molar-refractivity contribution in [2.75, 3.05) is 19.8 Å². The van der Waals surface area contributed by atoms with Gasteiger partial charge in [0.1, 0.15) is 6.04 Å². The molecule has 1 aromatic rings. The second-order valence-corrected chi connectivity index (χ2v) is 5.80. The van der Waals surface area contributed by atoms with Gasteiger partial charge in [0.05, 0.1) is 19.6 Å². The average Bonchev–Trinajstić information content (AvgIpc) is 2.59. The number of nitrogens with one attached hydrogen (secondary N) is 2. The highest BCUT2D eigenvalue weighted by Gasteiger charge is 2.31. The van der Waals surface area contributed by atoms with Crippen molar-refractivity contribution in [3.05, 3.63) is 35.9 Å². The second kappa shape index (κ2) is 9.02. The topological polar surface area (TPSA) is 105 Å². The lowest BCUT2D eigenvalue weighted by Crippen LogP contribution is -2.51. The zero-order valence-corrected chi connectivity index (χ0v) is 13.4. The predicted molar refractivity (Wildman–Crippen MR) is 86.3 cm³/mol. The molecule has 7 nitrogen and oxygen atoms in total. The first kappa shape index (κ1) is 17.9. The van der Waals surface area contributed by atoms with Crippen LogP contribution in [-0.4, -0.2) is 48.7 Å². The number of hydrogen-bond acceptors (Lipinski definition) is 4. The van der Waals surface area contributed by atoms with Gasteiger partial charge < -0.3 is 20.5 Å². The molecule has 1 aliphatic rings. The minimum absolute atomic E-state index is 0.174. The maximum Gasteiger partial charge on any atom is 0.326 e. The van der Waals surface area contributed by atoms with Crippen molar-refractivity contribution >= 4 is 17.8 Å². The summed E-state index contributed by atoms with van der Waals surface area (Å²) in [7, 11) is 0. The van der Waals surface area contributed by atoms with E-state index in [0.717, 1.165) is 12.0 Å². The molecule has 0 saturated carbocycles. The molecule has 1 heterocycles. The number of carbonyl (C=O) groups excluding carboxylic acids is 2. The van der Waals surface area contributed by atoms with Gasteiger partial charge in [0, 0.05) is 12.5 Å². The minimum Gasteiger partial charge on any atom is -0.480 e. The molecule has 0 aromatic heterocycles. The van der Waals surface area contributed by atoms with E-state index in [0.29, 0.717) is 19.6 Å². The van der Waals surface area contributed by atoms with Crippen molar-refractivity contribution in [1.29, 1.82) is 0 Å². The molecule has 24 heavy (non-hydrogen) atoms. The molecule has 2 amide bonds. The summed E-state index contributed by atoms with van der Waals surface area (Å²) in [4.78, 5) is 35.1. The Balaban J connectivity index is 1.78. The maximum atomic E-state index is 11.9. The first-order chi connectivity index (χ1) is 11.6. The number of ether oxygens (including phenoxy) is 1. The fourth-order valence-corrected chi connectivity index (χ4v) is 2.66. The lowest BCUT2D eigenvalue weighted by Gasteiger charge is -2.28. The monoisotopic (exact) mass is 334 g/mol. The van der Waals surface area contributed by atoms with Gasteiger partial charge in [-0.1, -0.05) is 30.3 Å². The fourth-order valence-electron chi connectivity index (χ4n) is 2.66. The Kier molecular flexibility index (Phi) is 6.74. The van der Waals surface area contributed by atoms with Gasteiger partial charge in [0.15, 0.2) is 0 Å². The lowest BCUT2D eigenvalue weighted by molar-refractivity contribution is -0.145. The molecule has 2 unspecified atom stereocenters. The van der Waals surface area contributed by atoms with Crippen molar-refractivity contribution in [3.8, 4) is 0 Å². The number of carbonyl (C=O) groups is 3. The van der Waals surface area contributed by atoms with Crippen LogP contribution in [0, 0.1) is 5.92 Å². The molecular formula is C17H22N2O5. The number of aliphatic carboxylic acids is 1. The Bertz CT molecular complexity index is 570. The third kappa shape index (κ3) is 5.66. The van der Waals surface area contributed by atoms with Gasteiger partial charge in [-0.2, -0.15) is 0 Å². The van der Waals surface area contributed by atoms with E-state index in [9.17, 15) is 19.5 Å². The van der Waals surface area contributed by atoms with Crippen LogP contribution in [-0.2, 0) is 25.5 Å². The van der Waals surface area contributed by atoms with Crippen LogP contribution in [0.2, 0.25) is 0 Å². The molecule has 0 spiro atoms. The zero-order chi connectivity index (χ0) is 17.4. The van der Waals surface area contributed by atoms with Crippen molar-refractivity contribution < 1.29 is 24.2 Å². The standard InChI is InChI=1S/C17H22N2O5/c20-14(9-12-5-2-1-3-6-12)18-10-15(21)19-16(17(22)23)13-7-4-8-24-11-13/h1-3,5-6,13,16H,4,7-11H2,(H,18,20)(H,19,21)(H,22,23). The number of carboxylic acid groups (broad SMARTS) is 1. The van der Waals surface area contributed by atoms with E-state index in [-0.39, 0.29) is 24.8 Å². The van der Waals surface area contributed by atoms with Gasteiger partial charge in [-0.05, 0) is 18.4 Å². The Hall–Kier alpha value is -2.41. The zero-order valence-electron chi connectivity index (χ0n) is 13.4. The highest BCUT2D eigenvalue weighted by Crippen LogP contribution is 2.17. The van der Waals surface area contributed by atoms with E-state index in [1.54, 1.807) is 0 Å². The third-order valence-electron chi connectivity index (χ3n) is 3.90. The summed E-state index contributed by atoms with van der Waals surface area (Å²) in [6, 6.07) is 8.17. The summed E-state index contributed by atoms with van der Waals surface area (Å²) in [6.07, 6.45) is 1.64. The Labute approximate surface area is 140 Å². The van der Waals surface area contributed by atoms with E-state index in [1.165, 1.54) is 0 Å². The van der Waals surface area contributed by atoms with Crippen molar-refractivity contribution in [2.24, 2.45) is 5.92 Å². The SMILES string of the molecule is O=C(Cc1ccccc1)NCC(=O)NC(C(=O)O)C1CCCOC1. The molecule has 1 aliphatic heterocycles. The smallest absolute Gasteiger partial charge is 0.326 e. The molecule has 130 valence electrons. The van der Waals surface area contributed by atoms with E-state index < -0.39 is 17.9 Å². The van der Waals surface area contributed by atoms with Gasteiger partial charge in [-0.3, -0.25) is 9.59 Å². The molecule has 2 rings (SSSR count). The van der Waals surface area contributed by atoms with E-state index >= 15 is 0 Å². The maximum absolute atomic E-state index is 11.9. The van der Waals surface area contributed by atoms with Crippen LogP contribution >= 0.6 is 0 Å². The van der Waals surface area contributed by atoms with Crippen molar-refractivity contribution in [3.63, 3.8) is 0 Å². The minimum atomic E-state index is -1.09. The van der Waals surface area contributed by atoms with E-state index in [2.05, 4.69) is 10.6 Å². The van der Waals surface area contributed by atoms with Crippen LogP contribution < -0.4 is 10.6 Å². The largest absolute Gasteiger partial charge is 0.480 e. The molecule has 0 bridgehead atoms. The molecule has 0 radical (unpaired) electrons. The van der Waals surface area contributed by atoms with Crippen molar-refractivity contribution in [2.45, 2.75) is 25.3 Å². The summed E-state index contributed by atoms with van der Waals surface area (Å²) in [5.41, 5.74) is 0.846. The number of amides is 2. The van der Waals surface area contributed by atoms with Crippen LogP contribution in [0.3, 0.4) is 0 Å². The summed E-state index contributed by atoms with van der Waals surface area (Å²) >= 11 is 0. The Morgan fingerprint density at radius 2 is 1.96 bits per heavy atom. The normalized spacial score (nSPS) is 18.4. The Morgan fingerprint density at radius 3 is 2.58 bits per heavy atom. The first-order valence-electron chi connectivity index (χ1n) is 7.97. The Morgan fingerprint density at radius 1 is 1.21 bits per heavy atom. The van der Waals surface area contributed by atoms with Gasteiger partial charge in [-0.15, -0.1) is 0 Å². The first-order valence-corrected chi connectivity index (χ1v) is 7.97.